The second kappa shape index (κ2) is 5.46. The second-order valence-electron chi connectivity index (χ2n) is 2.00. The molecule has 0 bridgehead atoms. The zero-order valence-corrected chi connectivity index (χ0v) is 9.65. The summed E-state index contributed by atoms with van der Waals surface area (Å²) in [6.45, 7) is 0. The van der Waals surface area contributed by atoms with Crippen molar-refractivity contribution in [1.29, 1.82) is 0 Å². The molecule has 0 aliphatic rings. The number of rotatable bonds is 2. The minimum absolute atomic E-state index is 0. The van der Waals surface area contributed by atoms with Crippen molar-refractivity contribution >= 4 is 16.8 Å². The van der Waals surface area contributed by atoms with Crippen LogP contribution < -0.4 is 29.6 Å². The Morgan fingerprint density at radius 3 is 2.08 bits per heavy atom. The van der Waals surface area contributed by atoms with Gasteiger partial charge in [-0.25, -0.2) is 4.21 Å². The van der Waals surface area contributed by atoms with Crippen molar-refractivity contribution in [2.24, 2.45) is 0 Å². The molecular weight excluding hydrogens is 205 g/mol. The van der Waals surface area contributed by atoms with Crippen LogP contribution >= 0.6 is 0 Å². The van der Waals surface area contributed by atoms with Crippen LogP contribution in [0.15, 0.2) is 29.2 Å². The summed E-state index contributed by atoms with van der Waals surface area (Å²) in [5.74, 6) is 0. The van der Waals surface area contributed by atoms with Gasteiger partial charge in [-0.3, -0.25) is 10.1 Å². The van der Waals surface area contributed by atoms with E-state index >= 15 is 0 Å². The molecule has 64 valence electrons. The minimum Gasteiger partial charge on any atom is -0.302 e. The van der Waals surface area contributed by atoms with Gasteiger partial charge in [0.1, 0.15) is 0 Å². The number of non-ortho nitro benzene ring substituents is 1. The number of nitro benzene ring substituents is 1. The summed E-state index contributed by atoms with van der Waals surface area (Å²) >= 11 is -2.07. The maximum absolute atomic E-state index is 10.4. The van der Waals surface area contributed by atoms with Crippen molar-refractivity contribution in [3.63, 3.8) is 0 Å². The summed E-state index contributed by atoms with van der Waals surface area (Å²) in [5, 5.41) is 10.1. The van der Waals surface area contributed by atoms with Gasteiger partial charge in [-0.2, -0.15) is 0 Å². The zero-order valence-electron chi connectivity index (χ0n) is 6.84. The fourth-order valence-corrected chi connectivity index (χ4v) is 1.05. The van der Waals surface area contributed by atoms with Crippen LogP contribution in [0.5, 0.6) is 0 Å². The van der Waals surface area contributed by atoms with Crippen LogP contribution in [-0.4, -0.2) is 13.7 Å². The number of hydrogen-bond donors (Lipinski definition) is 1. The van der Waals surface area contributed by atoms with Crippen molar-refractivity contribution in [2.75, 3.05) is 0 Å². The SMILES string of the molecule is O=[N+]([O-])c1ccc(S(=O)O)cc1.[Na+]. The van der Waals surface area contributed by atoms with Crippen molar-refractivity contribution in [1.82, 2.24) is 0 Å². The Balaban J connectivity index is 0.00000144. The molecule has 0 radical (unpaired) electrons. The van der Waals surface area contributed by atoms with E-state index in [2.05, 4.69) is 0 Å². The maximum atomic E-state index is 10.4. The Morgan fingerprint density at radius 1 is 1.31 bits per heavy atom. The van der Waals surface area contributed by atoms with Crippen LogP contribution in [0.25, 0.3) is 0 Å². The molecule has 0 aliphatic heterocycles. The molecule has 5 nitrogen and oxygen atoms in total. The molecule has 0 saturated carbocycles. The Morgan fingerprint density at radius 2 is 1.77 bits per heavy atom. The molecule has 0 heterocycles. The fourth-order valence-electron chi connectivity index (χ4n) is 0.684. The molecule has 1 unspecified atom stereocenters. The van der Waals surface area contributed by atoms with E-state index in [9.17, 15) is 14.3 Å². The summed E-state index contributed by atoms with van der Waals surface area (Å²) in [6.07, 6.45) is 0. The third-order valence-corrected chi connectivity index (χ3v) is 1.92. The van der Waals surface area contributed by atoms with Crippen molar-refractivity contribution in [2.45, 2.75) is 4.90 Å². The van der Waals surface area contributed by atoms with Gasteiger partial charge in [0, 0.05) is 12.1 Å². The van der Waals surface area contributed by atoms with E-state index < -0.39 is 16.0 Å². The predicted molar refractivity (Wildman–Crippen MR) is 42.1 cm³/mol. The summed E-state index contributed by atoms with van der Waals surface area (Å²) in [6, 6.07) is 4.86. The molecule has 1 N–H and O–H groups in total. The van der Waals surface area contributed by atoms with Gasteiger partial charge in [0.15, 0.2) is 11.1 Å². The molecule has 13 heavy (non-hydrogen) atoms. The van der Waals surface area contributed by atoms with E-state index in [-0.39, 0.29) is 40.1 Å². The third-order valence-electron chi connectivity index (χ3n) is 1.25. The van der Waals surface area contributed by atoms with Crippen LogP contribution in [0.4, 0.5) is 5.69 Å². The molecule has 0 saturated heterocycles. The Labute approximate surface area is 98.9 Å². The molecule has 1 rings (SSSR count). The van der Waals surface area contributed by atoms with Crippen LogP contribution in [0.3, 0.4) is 0 Å². The first-order valence-corrected chi connectivity index (χ1v) is 4.07. The molecule has 0 aromatic heterocycles. The van der Waals surface area contributed by atoms with Gasteiger partial charge in [-0.15, -0.1) is 0 Å². The average Bonchev–Trinajstić information content (AvgIpc) is 2.04. The Hall–Kier alpha value is -0.270. The molecule has 1 aromatic carbocycles. The molecule has 0 amide bonds. The van der Waals surface area contributed by atoms with Crippen LogP contribution in [0, 0.1) is 10.1 Å². The van der Waals surface area contributed by atoms with Gasteiger partial charge in [0.2, 0.25) is 0 Å². The molecular formula is C6H5NNaO4S+. The van der Waals surface area contributed by atoms with E-state index in [0.717, 1.165) is 0 Å². The van der Waals surface area contributed by atoms with Crippen molar-refractivity contribution in [3.8, 4) is 0 Å². The molecule has 0 fully saturated rings. The molecule has 1 atom stereocenters. The van der Waals surface area contributed by atoms with Crippen LogP contribution in [0.1, 0.15) is 0 Å². The number of nitro groups is 1. The standard InChI is InChI=1S/C6H5NO4S.Na/c8-7(9)5-1-3-6(4-2-5)12(10)11;/h1-4H,(H,10,11);/q;+1. The summed E-state index contributed by atoms with van der Waals surface area (Å²) in [7, 11) is 0. The van der Waals surface area contributed by atoms with Gasteiger partial charge in [-0.05, 0) is 12.1 Å². The van der Waals surface area contributed by atoms with Crippen molar-refractivity contribution < 1.29 is 43.2 Å². The topological polar surface area (TPSA) is 80.4 Å². The van der Waals surface area contributed by atoms with Gasteiger partial charge < -0.3 is 4.55 Å². The summed E-state index contributed by atoms with van der Waals surface area (Å²) < 4.78 is 19.0. The molecule has 0 aliphatic carbocycles. The second-order valence-corrected chi connectivity index (χ2v) is 2.97. The van der Waals surface area contributed by atoms with Gasteiger partial charge in [-0.1, -0.05) is 0 Å². The molecule has 0 spiro atoms. The van der Waals surface area contributed by atoms with Crippen LogP contribution in [0.2, 0.25) is 0 Å². The monoisotopic (exact) mass is 210 g/mol. The van der Waals surface area contributed by atoms with E-state index in [1.807, 2.05) is 0 Å². The van der Waals surface area contributed by atoms with E-state index in [0.29, 0.717) is 0 Å². The fraction of sp³-hybridized carbons (Fsp3) is 0. The van der Waals surface area contributed by atoms with Gasteiger partial charge in [0.05, 0.1) is 9.82 Å². The summed E-state index contributed by atoms with van der Waals surface area (Å²) in [5.41, 5.74) is -0.0933. The third kappa shape index (κ3) is 3.53. The Kier molecular flexibility index (Phi) is 5.34. The number of benzene rings is 1. The predicted octanol–water partition coefficient (Wildman–Crippen LogP) is -1.82. The van der Waals surface area contributed by atoms with E-state index in [4.69, 9.17) is 4.55 Å². The summed E-state index contributed by atoms with van der Waals surface area (Å²) in [4.78, 5) is 9.74. The van der Waals surface area contributed by atoms with E-state index in [1.54, 1.807) is 0 Å². The van der Waals surface area contributed by atoms with Crippen LogP contribution in [-0.2, 0) is 11.1 Å². The van der Waals surface area contributed by atoms with E-state index in [1.165, 1.54) is 24.3 Å². The van der Waals surface area contributed by atoms with Crippen molar-refractivity contribution in [3.05, 3.63) is 34.4 Å². The first-order chi connectivity index (χ1) is 5.61. The maximum Gasteiger partial charge on any atom is 1.00 e. The number of hydrogen-bond acceptors (Lipinski definition) is 3. The normalized spacial score (nSPS) is 11.5. The van der Waals surface area contributed by atoms with Gasteiger partial charge in [0.25, 0.3) is 5.69 Å². The average molecular weight is 210 g/mol. The Bertz CT molecular complexity index is 293. The first kappa shape index (κ1) is 12.7. The zero-order chi connectivity index (χ0) is 9.14. The quantitative estimate of drug-likeness (QED) is 0.270. The smallest absolute Gasteiger partial charge is 0.302 e. The van der Waals surface area contributed by atoms with Gasteiger partial charge >= 0.3 is 29.6 Å². The minimum atomic E-state index is -2.07. The molecule has 1 aromatic rings. The largest absolute Gasteiger partial charge is 1.00 e. The molecule has 7 heteroatoms. The first-order valence-electron chi connectivity index (χ1n) is 2.96. The number of nitrogens with zero attached hydrogens (tertiary/aromatic N) is 1.